The molecule has 1 aliphatic rings. The molecule has 0 saturated carbocycles. The highest BCUT2D eigenvalue weighted by Crippen LogP contribution is 2.21. The lowest BCUT2D eigenvalue weighted by atomic mass is 10.3. The molecule has 3 rings (SSSR count). The Labute approximate surface area is 170 Å². The Kier molecular flexibility index (Phi) is 7.42. The molecule has 2 heterocycles. The number of rotatable bonds is 9. The highest BCUT2D eigenvalue weighted by molar-refractivity contribution is 7.89. The number of aryl methyl sites for hydroxylation is 1. The molecule has 1 aromatic carbocycles. The van der Waals surface area contributed by atoms with Crippen molar-refractivity contribution in [2.24, 2.45) is 0 Å². The molecule has 1 saturated heterocycles. The van der Waals surface area contributed by atoms with E-state index in [1.807, 2.05) is 13.8 Å². The van der Waals surface area contributed by atoms with Gasteiger partial charge in [-0.25, -0.2) is 13.4 Å². The average Bonchev–Trinajstić information content (AvgIpc) is 3.11. The molecule has 0 spiro atoms. The highest BCUT2D eigenvalue weighted by atomic mass is 32.2. The van der Waals surface area contributed by atoms with Crippen LogP contribution < -0.4 is 4.74 Å². The minimum atomic E-state index is -3.49. The van der Waals surface area contributed by atoms with Gasteiger partial charge in [0.25, 0.3) is 0 Å². The van der Waals surface area contributed by atoms with Crippen molar-refractivity contribution in [2.75, 3.05) is 46.0 Å². The summed E-state index contributed by atoms with van der Waals surface area (Å²) >= 11 is 1.64. The highest BCUT2D eigenvalue weighted by Gasteiger charge is 2.28. The summed E-state index contributed by atoms with van der Waals surface area (Å²) in [5.41, 5.74) is 1.05. The summed E-state index contributed by atoms with van der Waals surface area (Å²) < 4.78 is 38.1. The van der Waals surface area contributed by atoms with Crippen molar-refractivity contribution < 1.29 is 17.9 Å². The summed E-state index contributed by atoms with van der Waals surface area (Å²) in [5.74, 6) is 0.641. The van der Waals surface area contributed by atoms with Crippen LogP contribution in [-0.4, -0.2) is 68.6 Å². The predicted molar refractivity (Wildman–Crippen MR) is 109 cm³/mol. The topological polar surface area (TPSA) is 72.0 Å². The summed E-state index contributed by atoms with van der Waals surface area (Å²) in [6.45, 7) is 8.68. The lowest BCUT2D eigenvalue weighted by molar-refractivity contribution is 0.110. The van der Waals surface area contributed by atoms with Crippen LogP contribution in [0.3, 0.4) is 0 Å². The zero-order valence-corrected chi connectivity index (χ0v) is 18.0. The Morgan fingerprint density at radius 2 is 1.82 bits per heavy atom. The first-order valence-electron chi connectivity index (χ1n) is 9.43. The summed E-state index contributed by atoms with van der Waals surface area (Å²) in [5, 5.41) is 3.12. The fraction of sp³-hybridized carbons (Fsp3) is 0.526. The molecule has 0 atom stereocenters. The second-order valence-corrected chi connectivity index (χ2v) is 9.56. The van der Waals surface area contributed by atoms with Gasteiger partial charge in [0.15, 0.2) is 0 Å². The largest absolute Gasteiger partial charge is 0.491 e. The van der Waals surface area contributed by atoms with E-state index in [1.165, 1.54) is 0 Å². The fourth-order valence-corrected chi connectivity index (χ4v) is 5.08. The number of nitrogens with zero attached hydrogens (tertiary/aromatic N) is 3. The smallest absolute Gasteiger partial charge is 0.243 e. The van der Waals surface area contributed by atoms with Crippen LogP contribution in [0.2, 0.25) is 0 Å². The second kappa shape index (κ2) is 9.80. The Hall–Kier alpha value is -1.52. The number of piperazine rings is 1. The minimum Gasteiger partial charge on any atom is -0.491 e. The van der Waals surface area contributed by atoms with E-state index in [0.717, 1.165) is 17.2 Å². The van der Waals surface area contributed by atoms with Gasteiger partial charge in [0, 0.05) is 44.7 Å². The van der Waals surface area contributed by atoms with Crippen LogP contribution in [-0.2, 0) is 21.3 Å². The minimum absolute atomic E-state index is 0.299. The molecule has 0 N–H and O–H groups in total. The Balaban J connectivity index is 1.53. The van der Waals surface area contributed by atoms with Crippen LogP contribution in [0.4, 0.5) is 0 Å². The molecule has 2 aromatic rings. The number of hydrogen-bond donors (Lipinski definition) is 0. The monoisotopic (exact) mass is 425 g/mol. The maximum atomic E-state index is 12.9. The maximum absolute atomic E-state index is 12.9. The van der Waals surface area contributed by atoms with Gasteiger partial charge in [-0.15, -0.1) is 11.3 Å². The van der Waals surface area contributed by atoms with Crippen LogP contribution in [0, 0.1) is 6.92 Å². The van der Waals surface area contributed by atoms with Crippen LogP contribution in [0.1, 0.15) is 17.6 Å². The quantitative estimate of drug-likeness (QED) is 0.575. The van der Waals surface area contributed by atoms with Gasteiger partial charge in [0.2, 0.25) is 10.0 Å². The number of benzene rings is 1. The van der Waals surface area contributed by atoms with Gasteiger partial charge >= 0.3 is 0 Å². The summed E-state index contributed by atoms with van der Waals surface area (Å²) in [7, 11) is -3.49. The maximum Gasteiger partial charge on any atom is 0.243 e. The third kappa shape index (κ3) is 5.51. The third-order valence-corrected chi connectivity index (χ3v) is 7.28. The van der Waals surface area contributed by atoms with Crippen molar-refractivity contribution in [1.29, 1.82) is 0 Å². The zero-order chi connectivity index (χ0) is 20.0. The predicted octanol–water partition coefficient (Wildman–Crippen LogP) is 2.37. The van der Waals surface area contributed by atoms with E-state index in [4.69, 9.17) is 9.47 Å². The van der Waals surface area contributed by atoms with Gasteiger partial charge in [-0.2, -0.15) is 4.31 Å². The Morgan fingerprint density at radius 1 is 1.11 bits per heavy atom. The van der Waals surface area contributed by atoms with Gasteiger partial charge in [-0.3, -0.25) is 4.90 Å². The molecule has 0 unspecified atom stereocenters. The number of ether oxygens (including phenoxy) is 2. The van der Waals surface area contributed by atoms with E-state index in [1.54, 1.807) is 39.9 Å². The molecule has 1 aliphatic heterocycles. The second-order valence-electron chi connectivity index (χ2n) is 6.55. The van der Waals surface area contributed by atoms with Gasteiger partial charge < -0.3 is 9.47 Å². The molecule has 0 bridgehead atoms. The van der Waals surface area contributed by atoms with Gasteiger partial charge in [0.1, 0.15) is 12.4 Å². The summed E-state index contributed by atoms with van der Waals surface area (Å²) in [6.07, 6.45) is 0. The van der Waals surface area contributed by atoms with Crippen molar-refractivity contribution in [3.05, 3.63) is 40.3 Å². The normalized spacial score (nSPS) is 16.4. The summed E-state index contributed by atoms with van der Waals surface area (Å²) in [6, 6.07) is 6.60. The molecule has 9 heteroatoms. The van der Waals surface area contributed by atoms with Crippen molar-refractivity contribution >= 4 is 21.4 Å². The number of thiazole rings is 1. The molecular weight excluding hydrogens is 398 g/mol. The van der Waals surface area contributed by atoms with E-state index in [2.05, 4.69) is 15.3 Å². The van der Waals surface area contributed by atoms with Crippen molar-refractivity contribution in [3.63, 3.8) is 0 Å². The number of hydrogen-bond acceptors (Lipinski definition) is 7. The standard InChI is InChI=1S/C19H27N3O4S2/c1-3-25-12-13-26-18-4-6-19(7-5-18)28(23,24)22-10-8-21(9-11-22)14-17-15-27-16(2)20-17/h4-7,15H,3,8-14H2,1-2H3. The number of aromatic nitrogens is 1. The lowest BCUT2D eigenvalue weighted by Crippen LogP contribution is -2.48. The SMILES string of the molecule is CCOCCOc1ccc(S(=O)(=O)N2CCN(Cc3csc(C)n3)CC2)cc1. The first kappa shape index (κ1) is 21.2. The third-order valence-electron chi connectivity index (χ3n) is 4.55. The van der Waals surface area contributed by atoms with Crippen LogP contribution in [0.5, 0.6) is 5.75 Å². The van der Waals surface area contributed by atoms with E-state index < -0.39 is 10.0 Å². The van der Waals surface area contributed by atoms with Crippen molar-refractivity contribution in [1.82, 2.24) is 14.2 Å². The first-order chi connectivity index (χ1) is 13.5. The zero-order valence-electron chi connectivity index (χ0n) is 16.3. The lowest BCUT2D eigenvalue weighted by Gasteiger charge is -2.33. The van der Waals surface area contributed by atoms with Gasteiger partial charge in [-0.05, 0) is 38.1 Å². The van der Waals surface area contributed by atoms with Crippen molar-refractivity contribution in [3.8, 4) is 5.75 Å². The van der Waals surface area contributed by atoms with E-state index >= 15 is 0 Å². The Bertz CT molecular complexity index is 844. The van der Waals surface area contributed by atoms with E-state index in [-0.39, 0.29) is 0 Å². The van der Waals surface area contributed by atoms with Crippen LogP contribution in [0.15, 0.2) is 34.5 Å². The Morgan fingerprint density at radius 3 is 2.43 bits per heavy atom. The van der Waals surface area contributed by atoms with Gasteiger partial charge in [0.05, 0.1) is 22.2 Å². The van der Waals surface area contributed by atoms with E-state index in [0.29, 0.717) is 56.6 Å². The molecule has 1 fully saturated rings. The van der Waals surface area contributed by atoms with Crippen LogP contribution in [0.25, 0.3) is 0 Å². The van der Waals surface area contributed by atoms with E-state index in [9.17, 15) is 8.42 Å². The molecule has 0 amide bonds. The van der Waals surface area contributed by atoms with Crippen molar-refractivity contribution in [2.45, 2.75) is 25.3 Å². The molecule has 1 aromatic heterocycles. The van der Waals surface area contributed by atoms with Crippen LogP contribution >= 0.6 is 11.3 Å². The molecular formula is C19H27N3O4S2. The average molecular weight is 426 g/mol. The molecule has 154 valence electrons. The fourth-order valence-electron chi connectivity index (χ4n) is 3.06. The summed E-state index contributed by atoms with van der Waals surface area (Å²) in [4.78, 5) is 7.03. The molecule has 28 heavy (non-hydrogen) atoms. The van der Waals surface area contributed by atoms with Gasteiger partial charge in [-0.1, -0.05) is 0 Å². The molecule has 7 nitrogen and oxygen atoms in total. The molecule has 0 radical (unpaired) electrons. The molecule has 0 aliphatic carbocycles. The first-order valence-corrected chi connectivity index (χ1v) is 11.7. The number of sulfonamides is 1.